The summed E-state index contributed by atoms with van der Waals surface area (Å²) in [4.78, 5) is 60.2. The van der Waals surface area contributed by atoms with Crippen molar-refractivity contribution in [3.8, 4) is 5.75 Å². The lowest BCUT2D eigenvalue weighted by Crippen LogP contribution is -2.67. The molecule has 3 aliphatic heterocycles. The maximum atomic E-state index is 13.8. The number of rotatable bonds is 9. The molecule has 0 aliphatic carbocycles. The van der Waals surface area contributed by atoms with Gasteiger partial charge in [0, 0.05) is 59.3 Å². The van der Waals surface area contributed by atoms with Crippen LogP contribution in [-0.2, 0) is 34.5 Å². The number of nitrogens with zero attached hydrogens (tertiary/aromatic N) is 6. The molecule has 4 heterocycles. The number of fused-ring (bicyclic) bond motifs is 1. The van der Waals surface area contributed by atoms with Crippen LogP contribution in [0, 0.1) is 0 Å². The van der Waals surface area contributed by atoms with Crippen molar-refractivity contribution in [1.82, 2.24) is 23.8 Å². The summed E-state index contributed by atoms with van der Waals surface area (Å²) in [5.74, 6) is 0.0127. The smallest absolute Gasteiger partial charge is 0.410 e. The summed E-state index contributed by atoms with van der Waals surface area (Å²) in [6.07, 6.45) is 0.0537. The fourth-order valence-electron chi connectivity index (χ4n) is 7.36. The summed E-state index contributed by atoms with van der Waals surface area (Å²) in [5.41, 5.74) is 2.52. The summed E-state index contributed by atoms with van der Waals surface area (Å²) in [5, 5.41) is 11.5. The number of aryl methyl sites for hydroxylation is 1. The molecule has 4 aromatic rings. The van der Waals surface area contributed by atoms with Crippen LogP contribution in [0.5, 0.6) is 5.75 Å². The number of carbonyl (C=O) groups excluding carboxylic acids is 3. The number of anilines is 1. The third-order valence-corrected chi connectivity index (χ3v) is 10.0. The predicted octanol–water partition coefficient (Wildman–Crippen LogP) is 2.74. The highest BCUT2D eigenvalue weighted by atomic mass is 16.6. The number of piperazine rings is 1. The molecule has 3 amide bonds. The van der Waals surface area contributed by atoms with Gasteiger partial charge in [0.05, 0.1) is 30.4 Å². The average Bonchev–Trinajstić information content (AvgIpc) is 3.38. The normalized spacial score (nSPS) is 19.5. The number of likely N-dealkylation sites (tertiary alicyclic amines) is 1. The third kappa shape index (κ3) is 6.46. The Kier molecular flexibility index (Phi) is 9.10. The van der Waals surface area contributed by atoms with Gasteiger partial charge in [-0.15, -0.1) is 0 Å². The Hall–Kier alpha value is -5.14. The molecule has 1 aromatic heterocycles. The lowest BCUT2D eigenvalue weighted by atomic mass is 9.92. The minimum atomic E-state index is -0.957. The van der Waals surface area contributed by atoms with Crippen molar-refractivity contribution >= 4 is 34.6 Å². The van der Waals surface area contributed by atoms with Crippen LogP contribution in [0.3, 0.4) is 0 Å². The number of imide groups is 1. The second kappa shape index (κ2) is 13.6. The maximum absolute atomic E-state index is 13.8. The minimum Gasteiger partial charge on any atom is -0.497 e. The fourth-order valence-corrected chi connectivity index (χ4v) is 7.36. The molecule has 3 fully saturated rings. The molecular weight excluding hydrogens is 640 g/mol. The molecule has 13 heteroatoms. The molecule has 0 radical (unpaired) electrons. The van der Waals surface area contributed by atoms with Crippen LogP contribution >= 0.6 is 0 Å². The van der Waals surface area contributed by atoms with Gasteiger partial charge in [0.1, 0.15) is 24.0 Å². The first-order valence-corrected chi connectivity index (χ1v) is 17.0. The number of imidazole rings is 1. The number of para-hydroxylation sites is 1. The Labute approximate surface area is 289 Å². The third-order valence-electron chi connectivity index (χ3n) is 10.0. The predicted molar refractivity (Wildman–Crippen MR) is 186 cm³/mol. The van der Waals surface area contributed by atoms with Crippen molar-refractivity contribution in [3.05, 3.63) is 94.4 Å². The Morgan fingerprint density at radius 1 is 0.900 bits per heavy atom. The molecule has 3 saturated heterocycles. The molecule has 262 valence electrons. The van der Waals surface area contributed by atoms with Gasteiger partial charge in [0.2, 0.25) is 5.91 Å². The number of aromatic nitrogens is 2. The van der Waals surface area contributed by atoms with Crippen LogP contribution < -0.4 is 15.3 Å². The molecule has 13 nitrogen and oxygen atoms in total. The Morgan fingerprint density at radius 3 is 2.32 bits per heavy atom. The van der Waals surface area contributed by atoms with E-state index in [4.69, 9.17) is 9.47 Å². The standard InChI is InChI=1S/C37H42N6O7/c1-38-33-29(41-24-37(48,25-41)23-39-17-19-40(20-18-39)36(47)50-22-27-7-4-3-5-8-27)9-6-10-30(33)43(35(38)46)31-15-16-32(44)42(34(31)45)21-26-11-13-28(49-2)14-12-26/h3-14,31,48H,15-25H2,1-2H3. The van der Waals surface area contributed by atoms with Gasteiger partial charge in [-0.2, -0.15) is 0 Å². The van der Waals surface area contributed by atoms with Crippen LogP contribution in [0.15, 0.2) is 77.6 Å². The average molecular weight is 683 g/mol. The van der Waals surface area contributed by atoms with E-state index in [9.17, 15) is 24.3 Å². The van der Waals surface area contributed by atoms with Gasteiger partial charge in [-0.05, 0) is 41.8 Å². The van der Waals surface area contributed by atoms with Crippen LogP contribution in [0.25, 0.3) is 11.0 Å². The van der Waals surface area contributed by atoms with Crippen molar-refractivity contribution in [2.75, 3.05) is 57.8 Å². The van der Waals surface area contributed by atoms with Crippen molar-refractivity contribution in [2.45, 2.75) is 37.6 Å². The largest absolute Gasteiger partial charge is 0.497 e. The summed E-state index contributed by atoms with van der Waals surface area (Å²) in [6, 6.07) is 21.6. The van der Waals surface area contributed by atoms with E-state index >= 15 is 0 Å². The number of methoxy groups -OCH3 is 1. The Morgan fingerprint density at radius 2 is 1.62 bits per heavy atom. The van der Waals surface area contributed by atoms with Crippen molar-refractivity contribution in [2.24, 2.45) is 7.05 Å². The van der Waals surface area contributed by atoms with Crippen LogP contribution in [0.2, 0.25) is 0 Å². The number of β-amino-alcohol motifs (C(OH)–C–C–N with tert-alkyl or cyclic N) is 1. The summed E-state index contributed by atoms with van der Waals surface area (Å²) < 4.78 is 13.8. The van der Waals surface area contributed by atoms with E-state index in [1.165, 1.54) is 9.47 Å². The lowest BCUT2D eigenvalue weighted by molar-refractivity contribution is -0.151. The van der Waals surface area contributed by atoms with E-state index in [0.717, 1.165) is 16.8 Å². The molecule has 1 atom stereocenters. The summed E-state index contributed by atoms with van der Waals surface area (Å²) in [6.45, 7) is 3.85. The Balaban J connectivity index is 0.999. The highest BCUT2D eigenvalue weighted by Crippen LogP contribution is 2.36. The summed E-state index contributed by atoms with van der Waals surface area (Å²) in [7, 11) is 3.26. The van der Waals surface area contributed by atoms with E-state index in [2.05, 4.69) is 4.90 Å². The number of hydrogen-bond acceptors (Lipinski definition) is 9. The van der Waals surface area contributed by atoms with Gasteiger partial charge in [0.15, 0.2) is 0 Å². The van der Waals surface area contributed by atoms with E-state index in [1.807, 2.05) is 65.6 Å². The van der Waals surface area contributed by atoms with Gasteiger partial charge >= 0.3 is 11.8 Å². The highest BCUT2D eigenvalue weighted by molar-refractivity contribution is 6.00. The molecule has 3 aromatic carbocycles. The van der Waals surface area contributed by atoms with Crippen LogP contribution in [0.1, 0.15) is 30.0 Å². The van der Waals surface area contributed by atoms with Gasteiger partial charge in [-0.3, -0.25) is 28.5 Å². The number of carbonyl (C=O) groups is 3. The van der Waals surface area contributed by atoms with Crippen molar-refractivity contribution in [1.29, 1.82) is 0 Å². The second-order valence-electron chi connectivity index (χ2n) is 13.5. The molecule has 1 unspecified atom stereocenters. The number of aliphatic hydroxyl groups is 1. The first-order chi connectivity index (χ1) is 24.1. The molecular formula is C37H42N6O7. The SMILES string of the molecule is COc1ccc(CN2C(=O)CCC(n3c(=O)n(C)c4c(N5CC(O)(CN6CCN(C(=O)OCc7ccccc7)CC6)C5)cccc43)C2=O)cc1. The lowest BCUT2D eigenvalue weighted by Gasteiger charge is -2.50. The van der Waals surface area contributed by atoms with Gasteiger partial charge in [-0.1, -0.05) is 48.5 Å². The zero-order valence-electron chi connectivity index (χ0n) is 28.4. The monoisotopic (exact) mass is 682 g/mol. The Bertz CT molecular complexity index is 1940. The van der Waals surface area contributed by atoms with E-state index in [0.29, 0.717) is 62.6 Å². The molecule has 50 heavy (non-hydrogen) atoms. The molecule has 0 bridgehead atoms. The topological polar surface area (TPSA) is 130 Å². The second-order valence-corrected chi connectivity index (χ2v) is 13.5. The van der Waals surface area contributed by atoms with Gasteiger partial charge < -0.3 is 24.4 Å². The fraction of sp³-hybridized carbons (Fsp3) is 0.405. The molecule has 3 aliphatic rings. The molecule has 1 N–H and O–H groups in total. The zero-order chi connectivity index (χ0) is 35.0. The summed E-state index contributed by atoms with van der Waals surface area (Å²) >= 11 is 0. The van der Waals surface area contributed by atoms with Crippen LogP contribution in [0.4, 0.5) is 10.5 Å². The highest BCUT2D eigenvalue weighted by Gasteiger charge is 2.44. The number of hydrogen-bond donors (Lipinski definition) is 1. The number of ether oxygens (including phenoxy) is 2. The van der Waals surface area contributed by atoms with Crippen molar-refractivity contribution < 1.29 is 29.0 Å². The minimum absolute atomic E-state index is 0.114. The van der Waals surface area contributed by atoms with Gasteiger partial charge in [0.25, 0.3) is 5.91 Å². The molecule has 7 rings (SSSR count). The van der Waals surface area contributed by atoms with Crippen LogP contribution in [-0.4, -0.2) is 105 Å². The zero-order valence-corrected chi connectivity index (χ0v) is 28.4. The molecule has 0 spiro atoms. The quantitative estimate of drug-likeness (QED) is 0.265. The van der Waals surface area contributed by atoms with Gasteiger partial charge in [-0.25, -0.2) is 9.59 Å². The first kappa shape index (κ1) is 33.4. The van der Waals surface area contributed by atoms with Crippen molar-refractivity contribution in [3.63, 3.8) is 0 Å². The number of amides is 3. The van der Waals surface area contributed by atoms with E-state index < -0.39 is 17.6 Å². The molecule has 0 saturated carbocycles. The number of benzene rings is 3. The first-order valence-electron chi connectivity index (χ1n) is 17.0. The van der Waals surface area contributed by atoms with E-state index in [-0.39, 0.29) is 43.7 Å². The van der Waals surface area contributed by atoms with E-state index in [1.54, 1.807) is 35.8 Å². The number of piperidine rings is 1. The maximum Gasteiger partial charge on any atom is 0.410 e.